The number of furan rings is 1. The van der Waals surface area contributed by atoms with Gasteiger partial charge in [0.1, 0.15) is 6.26 Å². The van der Waals surface area contributed by atoms with E-state index in [1.165, 1.54) is 12.5 Å². The van der Waals surface area contributed by atoms with Crippen molar-refractivity contribution < 1.29 is 18.7 Å². The molecule has 2 aromatic heterocycles. The third-order valence-electron chi connectivity index (χ3n) is 6.04. The molecule has 0 spiro atoms. The van der Waals surface area contributed by atoms with Gasteiger partial charge in [0.05, 0.1) is 25.0 Å². The summed E-state index contributed by atoms with van der Waals surface area (Å²) in [7, 11) is 0. The van der Waals surface area contributed by atoms with Gasteiger partial charge in [0.2, 0.25) is 11.9 Å². The predicted octanol–water partition coefficient (Wildman–Crippen LogP) is 0.862. The van der Waals surface area contributed by atoms with E-state index in [1.54, 1.807) is 17.9 Å². The van der Waals surface area contributed by atoms with Gasteiger partial charge >= 0.3 is 0 Å². The van der Waals surface area contributed by atoms with Gasteiger partial charge in [-0.1, -0.05) is 0 Å². The molecule has 172 valence electrons. The van der Waals surface area contributed by atoms with E-state index in [1.807, 2.05) is 4.90 Å². The van der Waals surface area contributed by atoms with Crippen LogP contribution in [0.15, 0.2) is 27.8 Å². The summed E-state index contributed by atoms with van der Waals surface area (Å²) in [6.45, 7) is 5.58. The normalized spacial score (nSPS) is 17.4. The first kappa shape index (κ1) is 22.1. The van der Waals surface area contributed by atoms with Gasteiger partial charge in [-0.2, -0.15) is 0 Å². The number of nitrogens with one attached hydrogen (secondary N) is 2. The Balaban J connectivity index is 1.25. The smallest absolute Gasteiger partial charge is 0.257 e. The van der Waals surface area contributed by atoms with Crippen molar-refractivity contribution in [3.05, 3.63) is 45.8 Å². The molecule has 4 rings (SSSR count). The SMILES string of the molecule is Cc1nc(N2CCOCC2)[nH]c(=O)c1CCC(=O)NC1CCN(C(=O)c2ccoc2)CC1. The van der Waals surface area contributed by atoms with Crippen molar-refractivity contribution in [3.8, 4) is 0 Å². The fourth-order valence-electron chi connectivity index (χ4n) is 4.15. The summed E-state index contributed by atoms with van der Waals surface area (Å²) in [5, 5.41) is 3.04. The lowest BCUT2D eigenvalue weighted by Gasteiger charge is -2.32. The van der Waals surface area contributed by atoms with E-state index in [0.717, 1.165) is 0 Å². The Kier molecular flexibility index (Phi) is 6.89. The number of hydrogen-bond donors (Lipinski definition) is 2. The number of carbonyl (C=O) groups is 2. The van der Waals surface area contributed by atoms with Gasteiger partial charge in [-0.15, -0.1) is 0 Å². The third-order valence-corrected chi connectivity index (χ3v) is 6.04. The number of rotatable bonds is 6. The van der Waals surface area contributed by atoms with E-state index in [0.29, 0.717) is 81.4 Å². The predicted molar refractivity (Wildman–Crippen MR) is 117 cm³/mol. The van der Waals surface area contributed by atoms with Crippen molar-refractivity contribution in [1.82, 2.24) is 20.2 Å². The molecule has 2 saturated heterocycles. The van der Waals surface area contributed by atoms with Crippen molar-refractivity contribution in [2.24, 2.45) is 0 Å². The topological polar surface area (TPSA) is 121 Å². The number of aryl methyl sites for hydroxylation is 1. The summed E-state index contributed by atoms with van der Waals surface area (Å²) < 4.78 is 10.3. The summed E-state index contributed by atoms with van der Waals surface area (Å²) in [6.07, 6.45) is 4.88. The summed E-state index contributed by atoms with van der Waals surface area (Å²) in [5.74, 6) is 0.410. The molecule has 2 aliphatic heterocycles. The maximum Gasteiger partial charge on any atom is 0.257 e. The molecule has 2 aromatic rings. The van der Waals surface area contributed by atoms with E-state index in [4.69, 9.17) is 9.15 Å². The molecule has 4 heterocycles. The van der Waals surface area contributed by atoms with Crippen LogP contribution in [0.2, 0.25) is 0 Å². The highest BCUT2D eigenvalue weighted by Crippen LogP contribution is 2.15. The molecule has 0 aromatic carbocycles. The average Bonchev–Trinajstić information content (AvgIpc) is 3.34. The van der Waals surface area contributed by atoms with Gasteiger partial charge in [-0.3, -0.25) is 19.4 Å². The van der Waals surface area contributed by atoms with Gasteiger partial charge in [-0.05, 0) is 32.3 Å². The Morgan fingerprint density at radius 1 is 1.22 bits per heavy atom. The van der Waals surface area contributed by atoms with Crippen LogP contribution in [-0.2, 0) is 16.0 Å². The van der Waals surface area contributed by atoms with Crippen LogP contribution in [0.3, 0.4) is 0 Å². The molecule has 32 heavy (non-hydrogen) atoms. The highest BCUT2D eigenvalue weighted by Gasteiger charge is 2.25. The van der Waals surface area contributed by atoms with E-state index in [2.05, 4.69) is 15.3 Å². The number of likely N-dealkylation sites (tertiary alicyclic amines) is 1. The summed E-state index contributed by atoms with van der Waals surface area (Å²) >= 11 is 0. The number of piperidine rings is 1. The number of carbonyl (C=O) groups excluding carboxylic acids is 2. The lowest BCUT2D eigenvalue weighted by atomic mass is 10.0. The Hall–Kier alpha value is -3.14. The molecule has 10 heteroatoms. The molecule has 2 N–H and O–H groups in total. The zero-order valence-electron chi connectivity index (χ0n) is 18.3. The number of H-pyrrole nitrogens is 1. The molecule has 0 saturated carbocycles. The number of nitrogens with zero attached hydrogens (tertiary/aromatic N) is 3. The molecule has 0 unspecified atom stereocenters. The number of hydrogen-bond acceptors (Lipinski definition) is 7. The van der Waals surface area contributed by atoms with E-state index < -0.39 is 0 Å². The van der Waals surface area contributed by atoms with Crippen LogP contribution in [0.1, 0.15) is 40.9 Å². The van der Waals surface area contributed by atoms with Crippen LogP contribution in [0.25, 0.3) is 0 Å². The third kappa shape index (κ3) is 5.18. The molecule has 2 aliphatic rings. The zero-order valence-corrected chi connectivity index (χ0v) is 18.3. The molecule has 2 amide bonds. The van der Waals surface area contributed by atoms with Crippen molar-refractivity contribution in [2.45, 2.75) is 38.6 Å². The van der Waals surface area contributed by atoms with Gasteiger partial charge in [0, 0.05) is 49.9 Å². The van der Waals surface area contributed by atoms with Gasteiger partial charge < -0.3 is 24.3 Å². The van der Waals surface area contributed by atoms with Gasteiger partial charge in [-0.25, -0.2) is 4.98 Å². The Bertz CT molecular complexity index is 989. The average molecular weight is 444 g/mol. The molecule has 0 bridgehead atoms. The Labute approximate surface area is 185 Å². The number of anilines is 1. The number of aromatic amines is 1. The van der Waals surface area contributed by atoms with Gasteiger partial charge in [0.25, 0.3) is 11.5 Å². The largest absolute Gasteiger partial charge is 0.472 e. The zero-order chi connectivity index (χ0) is 22.5. The molecule has 0 aliphatic carbocycles. The van der Waals surface area contributed by atoms with Crippen LogP contribution in [0.4, 0.5) is 5.95 Å². The van der Waals surface area contributed by atoms with Crippen LogP contribution < -0.4 is 15.8 Å². The first-order valence-electron chi connectivity index (χ1n) is 11.0. The van der Waals surface area contributed by atoms with Crippen LogP contribution in [0, 0.1) is 6.92 Å². The number of amides is 2. The molecule has 10 nitrogen and oxygen atoms in total. The monoisotopic (exact) mass is 443 g/mol. The van der Waals surface area contributed by atoms with Gasteiger partial charge in [0.15, 0.2) is 0 Å². The summed E-state index contributed by atoms with van der Waals surface area (Å²) in [4.78, 5) is 48.6. The van der Waals surface area contributed by atoms with Crippen LogP contribution in [-0.4, -0.2) is 72.1 Å². The summed E-state index contributed by atoms with van der Waals surface area (Å²) in [6, 6.07) is 1.68. The van der Waals surface area contributed by atoms with Crippen molar-refractivity contribution in [3.63, 3.8) is 0 Å². The molecular formula is C22H29N5O5. The second-order valence-electron chi connectivity index (χ2n) is 8.20. The van der Waals surface area contributed by atoms with E-state index in [9.17, 15) is 14.4 Å². The lowest BCUT2D eigenvalue weighted by Crippen LogP contribution is -2.46. The lowest BCUT2D eigenvalue weighted by molar-refractivity contribution is -0.122. The number of morpholine rings is 1. The van der Waals surface area contributed by atoms with Crippen molar-refractivity contribution in [1.29, 1.82) is 0 Å². The second-order valence-corrected chi connectivity index (χ2v) is 8.20. The maximum atomic E-state index is 12.6. The Morgan fingerprint density at radius 2 is 1.97 bits per heavy atom. The minimum absolute atomic E-state index is 0.0251. The Morgan fingerprint density at radius 3 is 2.62 bits per heavy atom. The highest BCUT2D eigenvalue weighted by atomic mass is 16.5. The fourth-order valence-corrected chi connectivity index (χ4v) is 4.15. The molecule has 0 atom stereocenters. The van der Waals surface area contributed by atoms with Crippen LogP contribution >= 0.6 is 0 Å². The van der Waals surface area contributed by atoms with E-state index in [-0.39, 0.29) is 29.8 Å². The maximum absolute atomic E-state index is 12.6. The van der Waals surface area contributed by atoms with E-state index >= 15 is 0 Å². The molecule has 0 radical (unpaired) electrons. The minimum Gasteiger partial charge on any atom is -0.472 e. The number of ether oxygens (including phenoxy) is 1. The minimum atomic E-state index is -0.196. The number of aromatic nitrogens is 2. The second kappa shape index (κ2) is 9.99. The molecular weight excluding hydrogens is 414 g/mol. The van der Waals surface area contributed by atoms with Crippen molar-refractivity contribution >= 4 is 17.8 Å². The highest BCUT2D eigenvalue weighted by molar-refractivity contribution is 5.93. The first-order valence-corrected chi connectivity index (χ1v) is 11.0. The van der Waals surface area contributed by atoms with Crippen LogP contribution in [0.5, 0.6) is 0 Å². The summed E-state index contributed by atoms with van der Waals surface area (Å²) in [5.41, 5.74) is 1.53. The standard InChI is InChI=1S/C22H29N5O5/c1-15-18(20(29)25-22(23-15)27-9-12-31-13-10-27)2-3-19(28)24-17-4-7-26(8-5-17)21(30)16-6-11-32-14-16/h6,11,14,17H,2-5,7-10,12-13H2,1H3,(H,24,28)(H,23,25,29). The first-order chi connectivity index (χ1) is 15.5. The molecule has 2 fully saturated rings. The fraction of sp³-hybridized carbons (Fsp3) is 0.545. The van der Waals surface area contributed by atoms with Crippen molar-refractivity contribution in [2.75, 3.05) is 44.3 Å². The quantitative estimate of drug-likeness (QED) is 0.679.